The van der Waals surface area contributed by atoms with Crippen molar-refractivity contribution in [2.75, 3.05) is 13.6 Å². The van der Waals surface area contributed by atoms with Gasteiger partial charge in [0.05, 0.1) is 16.3 Å². The van der Waals surface area contributed by atoms with Crippen molar-refractivity contribution in [3.05, 3.63) is 57.7 Å². The summed E-state index contributed by atoms with van der Waals surface area (Å²) in [4.78, 5) is 21.9. The first-order chi connectivity index (χ1) is 14.7. The number of thiophene rings is 1. The third-order valence-electron chi connectivity index (χ3n) is 6.23. The van der Waals surface area contributed by atoms with E-state index in [-0.39, 0.29) is 5.91 Å². The minimum absolute atomic E-state index is 0.0279. The number of aromatic nitrogens is 2. The Kier molecular flexibility index (Phi) is 5.35. The number of nitrogens with one attached hydrogen (secondary N) is 1. The van der Waals surface area contributed by atoms with E-state index in [1.807, 2.05) is 0 Å². The topological polar surface area (TPSA) is 49.6 Å². The van der Waals surface area contributed by atoms with Gasteiger partial charge < -0.3 is 5.32 Å². The molecule has 0 spiro atoms. The van der Waals surface area contributed by atoms with Crippen molar-refractivity contribution in [1.29, 1.82) is 0 Å². The number of carbonyl (C=O) groups excluding carboxylic acids is 1. The number of imidazole rings is 1. The number of benzene rings is 1. The Morgan fingerprint density at radius 3 is 3.03 bits per heavy atom. The molecule has 4 aromatic rings. The number of hydrogen-bond donors (Lipinski definition) is 1. The molecule has 1 saturated heterocycles. The highest BCUT2D eigenvalue weighted by molar-refractivity contribution is 7.21. The van der Waals surface area contributed by atoms with E-state index in [9.17, 15) is 4.79 Å². The molecule has 1 N–H and O–H groups in total. The summed E-state index contributed by atoms with van der Waals surface area (Å²) >= 11 is 3.30. The van der Waals surface area contributed by atoms with E-state index in [2.05, 4.69) is 57.4 Å². The smallest absolute Gasteiger partial charge is 0.261 e. The highest BCUT2D eigenvalue weighted by Gasteiger charge is 2.28. The standard InChI is InChI=1S/C23H26N4OS2/c1-15-19(27-11-12-29-23(27)25-15)14-26-10-6-5-7-16(26)13-18-17-8-3-4-9-20(17)30-21(18)22(28)24-2/h3-4,8-9,11-12,16H,5-7,10,13-14H2,1-2H3,(H,24,28)/t16-/m1/s1. The fourth-order valence-corrected chi connectivity index (χ4v) is 6.61. The number of likely N-dealkylation sites (tertiary alicyclic amines) is 1. The molecule has 5 rings (SSSR count). The maximum absolute atomic E-state index is 12.6. The molecule has 0 radical (unpaired) electrons. The SMILES string of the molecule is CNC(=O)c1sc2ccccc2c1C[C@H]1CCCCN1Cc1c(C)nc2sccn12. The Hall–Kier alpha value is -2.22. The van der Waals surface area contributed by atoms with Crippen LogP contribution in [0.2, 0.25) is 0 Å². The van der Waals surface area contributed by atoms with E-state index in [0.29, 0.717) is 6.04 Å². The maximum atomic E-state index is 12.6. The molecule has 1 aliphatic rings. The van der Waals surface area contributed by atoms with Crippen LogP contribution < -0.4 is 5.32 Å². The van der Waals surface area contributed by atoms with E-state index in [0.717, 1.165) is 35.0 Å². The van der Waals surface area contributed by atoms with Crippen molar-refractivity contribution in [1.82, 2.24) is 19.6 Å². The molecule has 1 aliphatic heterocycles. The monoisotopic (exact) mass is 438 g/mol. The summed E-state index contributed by atoms with van der Waals surface area (Å²) in [7, 11) is 1.72. The number of nitrogens with zero attached hydrogens (tertiary/aromatic N) is 3. The van der Waals surface area contributed by atoms with E-state index in [4.69, 9.17) is 4.98 Å². The Morgan fingerprint density at radius 1 is 1.30 bits per heavy atom. The molecule has 1 fully saturated rings. The van der Waals surface area contributed by atoms with Crippen molar-refractivity contribution >= 4 is 43.6 Å². The summed E-state index contributed by atoms with van der Waals surface area (Å²) in [5.74, 6) is 0.0279. The minimum atomic E-state index is 0.0279. The summed E-state index contributed by atoms with van der Waals surface area (Å²) in [6.45, 7) is 4.12. The number of hydrogen-bond acceptors (Lipinski definition) is 5. The van der Waals surface area contributed by atoms with Gasteiger partial charge in [-0.05, 0) is 49.7 Å². The average Bonchev–Trinajstić information content (AvgIpc) is 3.44. The normalized spacial score (nSPS) is 17.7. The zero-order valence-electron chi connectivity index (χ0n) is 17.4. The quantitative estimate of drug-likeness (QED) is 0.483. The summed E-state index contributed by atoms with van der Waals surface area (Å²) in [6, 6.07) is 8.85. The minimum Gasteiger partial charge on any atom is -0.354 e. The number of fused-ring (bicyclic) bond motifs is 2. The van der Waals surface area contributed by atoms with Gasteiger partial charge in [0.25, 0.3) is 5.91 Å². The largest absolute Gasteiger partial charge is 0.354 e. The van der Waals surface area contributed by atoms with Crippen molar-refractivity contribution in [2.24, 2.45) is 0 Å². The molecule has 1 atom stereocenters. The number of rotatable bonds is 5. The second kappa shape index (κ2) is 8.13. The van der Waals surface area contributed by atoms with Crippen LogP contribution in [0.15, 0.2) is 35.8 Å². The average molecular weight is 439 g/mol. The summed E-state index contributed by atoms with van der Waals surface area (Å²) in [5, 5.41) is 6.17. The summed E-state index contributed by atoms with van der Waals surface area (Å²) in [6.07, 6.45) is 6.69. The first-order valence-electron chi connectivity index (χ1n) is 10.5. The van der Waals surface area contributed by atoms with Gasteiger partial charge in [-0.2, -0.15) is 0 Å². The van der Waals surface area contributed by atoms with E-state index >= 15 is 0 Å². The molecule has 0 aliphatic carbocycles. The number of thiazole rings is 1. The molecule has 0 saturated carbocycles. The lowest BCUT2D eigenvalue weighted by atomic mass is 9.93. The van der Waals surface area contributed by atoms with Crippen LogP contribution in [-0.4, -0.2) is 39.8 Å². The number of amides is 1. The van der Waals surface area contributed by atoms with Crippen molar-refractivity contribution in [3.63, 3.8) is 0 Å². The summed E-state index contributed by atoms with van der Waals surface area (Å²) < 4.78 is 3.43. The molecule has 0 bridgehead atoms. The van der Waals surface area contributed by atoms with Crippen LogP contribution in [0.3, 0.4) is 0 Å². The van der Waals surface area contributed by atoms with Crippen LogP contribution >= 0.6 is 22.7 Å². The van der Waals surface area contributed by atoms with Gasteiger partial charge in [0.15, 0.2) is 4.96 Å². The van der Waals surface area contributed by atoms with Crippen LogP contribution in [0.5, 0.6) is 0 Å². The predicted octanol–water partition coefficient (Wildman–Crippen LogP) is 4.88. The Labute approximate surface area is 184 Å². The Morgan fingerprint density at radius 2 is 2.17 bits per heavy atom. The molecular weight excluding hydrogens is 412 g/mol. The molecule has 3 aromatic heterocycles. The number of aryl methyl sites for hydroxylation is 1. The van der Waals surface area contributed by atoms with E-state index < -0.39 is 0 Å². The maximum Gasteiger partial charge on any atom is 0.261 e. The van der Waals surface area contributed by atoms with Crippen molar-refractivity contribution in [3.8, 4) is 0 Å². The van der Waals surface area contributed by atoms with E-state index in [1.165, 1.54) is 40.6 Å². The molecular formula is C23H26N4OS2. The second-order valence-corrected chi connectivity index (χ2v) is 9.93. The van der Waals surface area contributed by atoms with Gasteiger partial charge in [0, 0.05) is 35.9 Å². The molecule has 7 heteroatoms. The van der Waals surface area contributed by atoms with Crippen molar-refractivity contribution < 1.29 is 4.79 Å². The Balaban J connectivity index is 1.48. The lowest BCUT2D eigenvalue weighted by Crippen LogP contribution is -2.41. The van der Waals surface area contributed by atoms with Crippen molar-refractivity contribution in [2.45, 2.75) is 45.2 Å². The van der Waals surface area contributed by atoms with Gasteiger partial charge >= 0.3 is 0 Å². The zero-order chi connectivity index (χ0) is 20.7. The highest BCUT2D eigenvalue weighted by Crippen LogP contribution is 2.34. The third kappa shape index (κ3) is 3.45. The highest BCUT2D eigenvalue weighted by atomic mass is 32.1. The van der Waals surface area contributed by atoms with Gasteiger partial charge in [0.1, 0.15) is 0 Å². The first kappa shape index (κ1) is 19.7. The summed E-state index contributed by atoms with van der Waals surface area (Å²) in [5.41, 5.74) is 3.62. The molecule has 5 nitrogen and oxygen atoms in total. The van der Waals surface area contributed by atoms with Crippen LogP contribution in [0.4, 0.5) is 0 Å². The molecule has 0 unspecified atom stereocenters. The number of piperidine rings is 1. The van der Waals surface area contributed by atoms with Gasteiger partial charge in [-0.1, -0.05) is 24.6 Å². The fourth-order valence-electron chi connectivity index (χ4n) is 4.66. The second-order valence-electron chi connectivity index (χ2n) is 8.01. The zero-order valence-corrected chi connectivity index (χ0v) is 19.0. The Bertz CT molecular complexity index is 1200. The van der Waals surface area contributed by atoms with Crippen LogP contribution in [0, 0.1) is 6.92 Å². The lowest BCUT2D eigenvalue weighted by Gasteiger charge is -2.36. The van der Waals surface area contributed by atoms with Crippen LogP contribution in [-0.2, 0) is 13.0 Å². The lowest BCUT2D eigenvalue weighted by molar-refractivity contribution is 0.0964. The molecule has 1 amide bonds. The molecule has 156 valence electrons. The third-order valence-corrected chi connectivity index (χ3v) is 8.20. The number of carbonyl (C=O) groups is 1. The molecule has 30 heavy (non-hydrogen) atoms. The first-order valence-corrected chi connectivity index (χ1v) is 12.2. The van der Waals surface area contributed by atoms with Crippen LogP contribution in [0.1, 0.15) is 45.9 Å². The van der Waals surface area contributed by atoms with Gasteiger partial charge in [-0.15, -0.1) is 22.7 Å². The fraction of sp³-hybridized carbons (Fsp3) is 0.391. The molecule has 4 heterocycles. The predicted molar refractivity (Wildman–Crippen MR) is 125 cm³/mol. The van der Waals surface area contributed by atoms with Crippen LogP contribution in [0.25, 0.3) is 15.0 Å². The molecule has 1 aromatic carbocycles. The van der Waals surface area contributed by atoms with Gasteiger partial charge in [-0.3, -0.25) is 14.1 Å². The van der Waals surface area contributed by atoms with Gasteiger partial charge in [-0.25, -0.2) is 4.98 Å². The van der Waals surface area contributed by atoms with E-state index in [1.54, 1.807) is 29.7 Å². The van der Waals surface area contributed by atoms with Gasteiger partial charge in [0.2, 0.25) is 0 Å².